The number of nitrogens with zero attached hydrogens (tertiary/aromatic N) is 2. The molecule has 17 heavy (non-hydrogen) atoms. The molecule has 0 fully saturated rings. The van der Waals surface area contributed by atoms with Crippen LogP contribution in [0.2, 0.25) is 0 Å². The Morgan fingerprint density at radius 1 is 1.00 bits per heavy atom. The second-order valence-electron chi connectivity index (χ2n) is 4.15. The molecule has 1 heterocycles. The van der Waals surface area contributed by atoms with E-state index < -0.39 is 0 Å². The second-order valence-corrected chi connectivity index (χ2v) is 4.15. The zero-order valence-electron chi connectivity index (χ0n) is 10.4. The van der Waals surface area contributed by atoms with E-state index in [-0.39, 0.29) is 0 Å². The van der Waals surface area contributed by atoms with Gasteiger partial charge >= 0.3 is 6.01 Å². The first-order valence-electron chi connectivity index (χ1n) is 5.65. The molecule has 0 aliphatic carbocycles. The molecule has 1 aromatic heterocycles. The van der Waals surface area contributed by atoms with Gasteiger partial charge in [0.2, 0.25) is 0 Å². The van der Waals surface area contributed by atoms with E-state index >= 15 is 0 Å². The molecule has 0 unspecified atom stereocenters. The summed E-state index contributed by atoms with van der Waals surface area (Å²) in [4.78, 5) is 8.49. The maximum absolute atomic E-state index is 5.61. The summed E-state index contributed by atoms with van der Waals surface area (Å²) in [6.07, 6.45) is 0. The van der Waals surface area contributed by atoms with E-state index in [4.69, 9.17) is 4.74 Å². The Morgan fingerprint density at radius 2 is 1.65 bits per heavy atom. The van der Waals surface area contributed by atoms with Crippen LogP contribution in [0, 0.1) is 20.8 Å². The molecule has 0 N–H and O–H groups in total. The molecular weight excluding hydrogens is 212 g/mol. The summed E-state index contributed by atoms with van der Waals surface area (Å²) in [6.45, 7) is 6.46. The van der Waals surface area contributed by atoms with Gasteiger partial charge in [0.15, 0.2) is 0 Å². The van der Waals surface area contributed by atoms with E-state index in [0.29, 0.717) is 12.6 Å². The maximum atomic E-state index is 5.61. The minimum atomic E-state index is 0.450. The van der Waals surface area contributed by atoms with Crippen molar-refractivity contribution in [2.24, 2.45) is 0 Å². The molecule has 1 aromatic carbocycles. The minimum Gasteiger partial charge on any atom is -0.459 e. The Hall–Kier alpha value is -1.90. The molecular formula is C14H16N2O. The molecule has 0 saturated carbocycles. The largest absolute Gasteiger partial charge is 0.459 e. The minimum absolute atomic E-state index is 0.450. The SMILES string of the molecule is Cc1cc(C)nc(OCc2ccccc2C)n1. The summed E-state index contributed by atoms with van der Waals surface area (Å²) in [7, 11) is 0. The lowest BCUT2D eigenvalue weighted by molar-refractivity contribution is 0.278. The Morgan fingerprint density at radius 3 is 2.29 bits per heavy atom. The summed E-state index contributed by atoms with van der Waals surface area (Å²) in [5, 5.41) is 0. The molecule has 0 radical (unpaired) electrons. The summed E-state index contributed by atoms with van der Waals surface area (Å²) in [5.41, 5.74) is 4.24. The van der Waals surface area contributed by atoms with Gasteiger partial charge in [0.05, 0.1) is 0 Å². The van der Waals surface area contributed by atoms with Crippen LogP contribution in [0.25, 0.3) is 0 Å². The third kappa shape index (κ3) is 3.03. The van der Waals surface area contributed by atoms with Gasteiger partial charge in [-0.1, -0.05) is 24.3 Å². The van der Waals surface area contributed by atoms with Gasteiger partial charge in [0.1, 0.15) is 6.61 Å². The summed E-state index contributed by atoms with van der Waals surface area (Å²) < 4.78 is 5.61. The van der Waals surface area contributed by atoms with Crippen LogP contribution < -0.4 is 4.74 Å². The Bertz CT molecular complexity index is 503. The van der Waals surface area contributed by atoms with Gasteiger partial charge in [-0.25, -0.2) is 9.97 Å². The zero-order valence-corrected chi connectivity index (χ0v) is 10.4. The Kier molecular flexibility index (Phi) is 3.38. The highest BCUT2D eigenvalue weighted by atomic mass is 16.5. The quantitative estimate of drug-likeness (QED) is 0.810. The lowest BCUT2D eigenvalue weighted by Gasteiger charge is -2.07. The molecule has 0 aliphatic heterocycles. The molecule has 3 heteroatoms. The molecule has 2 aromatic rings. The van der Waals surface area contributed by atoms with Crippen LogP contribution in [0.15, 0.2) is 30.3 Å². The van der Waals surface area contributed by atoms with E-state index in [1.54, 1.807) is 0 Å². The summed E-state index contributed by atoms with van der Waals surface area (Å²) >= 11 is 0. The van der Waals surface area contributed by atoms with Crippen molar-refractivity contribution in [3.63, 3.8) is 0 Å². The van der Waals surface area contributed by atoms with Crippen LogP contribution in [-0.4, -0.2) is 9.97 Å². The smallest absolute Gasteiger partial charge is 0.317 e. The summed E-state index contributed by atoms with van der Waals surface area (Å²) in [6, 6.07) is 10.5. The fraction of sp³-hybridized carbons (Fsp3) is 0.286. The number of benzene rings is 1. The molecule has 0 atom stereocenters. The van der Waals surface area contributed by atoms with Crippen molar-refractivity contribution in [3.8, 4) is 6.01 Å². The van der Waals surface area contributed by atoms with Crippen molar-refractivity contribution in [1.82, 2.24) is 9.97 Å². The average Bonchev–Trinajstić information content (AvgIpc) is 2.27. The predicted molar refractivity (Wildman–Crippen MR) is 67.0 cm³/mol. The van der Waals surface area contributed by atoms with Crippen LogP contribution in [0.1, 0.15) is 22.5 Å². The van der Waals surface area contributed by atoms with Gasteiger partial charge in [0.25, 0.3) is 0 Å². The number of ether oxygens (including phenoxy) is 1. The van der Waals surface area contributed by atoms with Crippen molar-refractivity contribution >= 4 is 0 Å². The maximum Gasteiger partial charge on any atom is 0.317 e. The number of aromatic nitrogens is 2. The molecule has 0 saturated heterocycles. The number of hydrogen-bond acceptors (Lipinski definition) is 3. The van der Waals surface area contributed by atoms with E-state index in [0.717, 1.165) is 17.0 Å². The van der Waals surface area contributed by atoms with Crippen molar-refractivity contribution in [1.29, 1.82) is 0 Å². The molecule has 0 spiro atoms. The van der Waals surface area contributed by atoms with Gasteiger partial charge in [-0.3, -0.25) is 0 Å². The van der Waals surface area contributed by atoms with Crippen LogP contribution in [0.4, 0.5) is 0 Å². The van der Waals surface area contributed by atoms with E-state index in [9.17, 15) is 0 Å². The first-order valence-corrected chi connectivity index (χ1v) is 5.65. The van der Waals surface area contributed by atoms with Crippen LogP contribution in [0.5, 0.6) is 6.01 Å². The van der Waals surface area contributed by atoms with Gasteiger partial charge < -0.3 is 4.74 Å². The van der Waals surface area contributed by atoms with Gasteiger partial charge in [0, 0.05) is 11.4 Å². The zero-order chi connectivity index (χ0) is 12.3. The van der Waals surface area contributed by atoms with Crippen molar-refractivity contribution < 1.29 is 4.74 Å². The number of aryl methyl sites for hydroxylation is 3. The van der Waals surface area contributed by atoms with Crippen LogP contribution >= 0.6 is 0 Å². The first kappa shape index (κ1) is 11.6. The van der Waals surface area contributed by atoms with Gasteiger partial charge in [-0.15, -0.1) is 0 Å². The standard InChI is InChI=1S/C14H16N2O/c1-10-6-4-5-7-13(10)9-17-14-15-11(2)8-12(3)16-14/h4-8H,9H2,1-3H3. The lowest BCUT2D eigenvalue weighted by Crippen LogP contribution is -2.02. The molecule has 2 rings (SSSR count). The molecule has 88 valence electrons. The Balaban J connectivity index is 2.10. The summed E-state index contributed by atoms with van der Waals surface area (Å²) in [5.74, 6) is 0. The first-order chi connectivity index (χ1) is 8.15. The van der Waals surface area contributed by atoms with E-state index in [2.05, 4.69) is 29.0 Å². The van der Waals surface area contributed by atoms with Gasteiger partial charge in [-0.2, -0.15) is 0 Å². The molecule has 3 nitrogen and oxygen atoms in total. The highest BCUT2D eigenvalue weighted by Crippen LogP contribution is 2.11. The third-order valence-electron chi connectivity index (χ3n) is 2.58. The normalized spacial score (nSPS) is 10.3. The Labute approximate surface area is 102 Å². The van der Waals surface area contributed by atoms with Crippen molar-refractivity contribution in [2.45, 2.75) is 27.4 Å². The monoisotopic (exact) mass is 228 g/mol. The van der Waals surface area contributed by atoms with Gasteiger partial charge in [-0.05, 0) is 38.0 Å². The van der Waals surface area contributed by atoms with Crippen molar-refractivity contribution in [3.05, 3.63) is 52.8 Å². The fourth-order valence-electron chi connectivity index (χ4n) is 1.67. The molecule has 0 bridgehead atoms. The highest BCUT2D eigenvalue weighted by Gasteiger charge is 2.02. The fourth-order valence-corrected chi connectivity index (χ4v) is 1.67. The van der Waals surface area contributed by atoms with Crippen LogP contribution in [0.3, 0.4) is 0 Å². The van der Waals surface area contributed by atoms with Crippen molar-refractivity contribution in [2.75, 3.05) is 0 Å². The molecule has 0 aliphatic rings. The average molecular weight is 228 g/mol. The highest BCUT2D eigenvalue weighted by molar-refractivity contribution is 5.25. The van der Waals surface area contributed by atoms with E-state index in [1.807, 2.05) is 32.0 Å². The number of hydrogen-bond donors (Lipinski definition) is 0. The predicted octanol–water partition coefficient (Wildman–Crippen LogP) is 2.98. The van der Waals surface area contributed by atoms with E-state index in [1.165, 1.54) is 5.56 Å². The topological polar surface area (TPSA) is 35.0 Å². The number of rotatable bonds is 3. The van der Waals surface area contributed by atoms with Crippen LogP contribution in [-0.2, 0) is 6.61 Å². The third-order valence-corrected chi connectivity index (χ3v) is 2.58. The lowest BCUT2D eigenvalue weighted by atomic mass is 10.1. The molecule has 0 amide bonds. The second kappa shape index (κ2) is 4.95.